The number of carbonyl (C=O) groups excluding carboxylic acids is 1. The number of aromatic nitrogens is 2. The van der Waals surface area contributed by atoms with Crippen LogP contribution in [0.5, 0.6) is 0 Å². The largest absolute Gasteiger partial charge is 0.325 e. The van der Waals surface area contributed by atoms with Gasteiger partial charge in [0, 0.05) is 16.1 Å². The Bertz CT molecular complexity index is 1190. The van der Waals surface area contributed by atoms with Gasteiger partial charge in [0.15, 0.2) is 0 Å². The molecule has 152 valence electrons. The van der Waals surface area contributed by atoms with E-state index in [-0.39, 0.29) is 11.2 Å². The van der Waals surface area contributed by atoms with Gasteiger partial charge in [-0.15, -0.1) is 11.3 Å². The zero-order valence-electron chi connectivity index (χ0n) is 17.2. The molecule has 0 fully saturated rings. The van der Waals surface area contributed by atoms with E-state index < -0.39 is 0 Å². The van der Waals surface area contributed by atoms with E-state index in [1.165, 1.54) is 16.6 Å². The van der Waals surface area contributed by atoms with Crippen LogP contribution in [-0.4, -0.2) is 21.1 Å². The lowest BCUT2D eigenvalue weighted by Gasteiger charge is -2.15. The van der Waals surface area contributed by atoms with Crippen molar-refractivity contribution in [1.29, 1.82) is 0 Å². The zero-order chi connectivity index (χ0) is 21.1. The Kier molecular flexibility index (Phi) is 6.16. The summed E-state index contributed by atoms with van der Waals surface area (Å²) >= 11 is 3.19. The van der Waals surface area contributed by atoms with E-state index in [2.05, 4.69) is 34.3 Å². The zero-order valence-corrected chi connectivity index (χ0v) is 18.8. The van der Waals surface area contributed by atoms with Crippen LogP contribution in [-0.2, 0) is 4.79 Å². The second-order valence-electron chi connectivity index (χ2n) is 7.13. The topological polar surface area (TPSA) is 54.9 Å². The monoisotopic (exact) mass is 433 g/mol. The van der Waals surface area contributed by atoms with Crippen molar-refractivity contribution in [3.8, 4) is 11.1 Å². The number of anilines is 1. The van der Waals surface area contributed by atoms with Crippen molar-refractivity contribution >= 4 is 44.9 Å². The van der Waals surface area contributed by atoms with Gasteiger partial charge in [-0.3, -0.25) is 4.79 Å². The van der Waals surface area contributed by atoms with Crippen molar-refractivity contribution in [2.45, 2.75) is 37.5 Å². The van der Waals surface area contributed by atoms with E-state index in [4.69, 9.17) is 0 Å². The number of hydrogen-bond acceptors (Lipinski definition) is 5. The van der Waals surface area contributed by atoms with Crippen LogP contribution in [0, 0.1) is 13.8 Å². The highest BCUT2D eigenvalue weighted by atomic mass is 32.2. The highest BCUT2D eigenvalue weighted by Gasteiger charge is 2.23. The fourth-order valence-electron chi connectivity index (χ4n) is 3.46. The fourth-order valence-corrected chi connectivity index (χ4v) is 5.57. The molecule has 4 rings (SSSR count). The van der Waals surface area contributed by atoms with Gasteiger partial charge in [-0.2, -0.15) is 0 Å². The third-order valence-electron chi connectivity index (χ3n) is 4.89. The molecule has 2 aromatic heterocycles. The van der Waals surface area contributed by atoms with Crippen molar-refractivity contribution in [2.24, 2.45) is 0 Å². The molecule has 0 aliphatic rings. The van der Waals surface area contributed by atoms with Gasteiger partial charge < -0.3 is 5.32 Å². The number of amides is 1. The van der Waals surface area contributed by atoms with E-state index in [9.17, 15) is 4.79 Å². The number of rotatable bonds is 6. The normalized spacial score (nSPS) is 12.1. The molecule has 1 atom stereocenters. The van der Waals surface area contributed by atoms with Crippen molar-refractivity contribution in [2.75, 3.05) is 5.32 Å². The van der Waals surface area contributed by atoms with E-state index in [1.807, 2.05) is 56.3 Å². The van der Waals surface area contributed by atoms with Gasteiger partial charge in [-0.25, -0.2) is 9.97 Å². The summed E-state index contributed by atoms with van der Waals surface area (Å²) in [5, 5.41) is 4.71. The fraction of sp³-hybridized carbons (Fsp3) is 0.208. The molecule has 0 aliphatic heterocycles. The number of thiophene rings is 1. The van der Waals surface area contributed by atoms with E-state index in [1.54, 1.807) is 17.7 Å². The number of nitrogens with zero attached hydrogens (tertiary/aromatic N) is 2. The lowest BCUT2D eigenvalue weighted by atomic mass is 10.0. The summed E-state index contributed by atoms with van der Waals surface area (Å²) in [6.07, 6.45) is 2.30. The van der Waals surface area contributed by atoms with Crippen LogP contribution in [0.15, 0.2) is 66.0 Å². The molecular formula is C24H23N3OS2. The number of benzene rings is 2. The summed E-state index contributed by atoms with van der Waals surface area (Å²) in [4.78, 5) is 24.2. The van der Waals surface area contributed by atoms with Gasteiger partial charge in [-0.1, -0.05) is 61.2 Å². The molecule has 0 spiro atoms. The molecule has 0 aliphatic carbocycles. The van der Waals surface area contributed by atoms with E-state index in [0.29, 0.717) is 6.42 Å². The van der Waals surface area contributed by atoms with Gasteiger partial charge in [0.25, 0.3) is 0 Å². The van der Waals surface area contributed by atoms with E-state index >= 15 is 0 Å². The minimum Gasteiger partial charge on any atom is -0.325 e. The molecule has 30 heavy (non-hydrogen) atoms. The van der Waals surface area contributed by atoms with Crippen molar-refractivity contribution in [1.82, 2.24) is 9.97 Å². The van der Waals surface area contributed by atoms with Gasteiger partial charge in [0.05, 0.1) is 10.6 Å². The molecular weight excluding hydrogens is 410 g/mol. The Morgan fingerprint density at radius 1 is 1.10 bits per heavy atom. The standard InChI is InChI=1S/C24H23N3OS2/c1-4-19(22(28)27-18-12-8-9-15(2)13-18)30-24-21-20(17-10-6-5-7-11-17)16(3)29-23(21)25-14-26-24/h5-14,19H,4H2,1-3H3,(H,27,28). The number of nitrogens with one attached hydrogen (secondary N) is 1. The molecule has 1 amide bonds. The summed E-state index contributed by atoms with van der Waals surface area (Å²) in [6, 6.07) is 18.2. The maximum Gasteiger partial charge on any atom is 0.237 e. The molecule has 1 unspecified atom stereocenters. The highest BCUT2D eigenvalue weighted by molar-refractivity contribution is 8.00. The van der Waals surface area contributed by atoms with Gasteiger partial charge in [0.2, 0.25) is 5.91 Å². The summed E-state index contributed by atoms with van der Waals surface area (Å²) in [5.74, 6) is -0.00641. The SMILES string of the molecule is CCC(Sc1ncnc2sc(C)c(-c3ccccc3)c12)C(=O)Nc1cccc(C)c1. The number of aryl methyl sites for hydroxylation is 2. The average Bonchev–Trinajstić information content (AvgIpc) is 3.09. The third kappa shape index (κ3) is 4.25. The summed E-state index contributed by atoms with van der Waals surface area (Å²) in [7, 11) is 0. The van der Waals surface area contributed by atoms with Crippen LogP contribution in [0.2, 0.25) is 0 Å². The molecule has 0 bridgehead atoms. The molecule has 6 heteroatoms. The molecule has 0 saturated heterocycles. The smallest absolute Gasteiger partial charge is 0.237 e. The molecule has 4 nitrogen and oxygen atoms in total. The van der Waals surface area contributed by atoms with Crippen LogP contribution in [0.25, 0.3) is 21.3 Å². The number of fused-ring (bicyclic) bond motifs is 1. The molecule has 1 N–H and O–H groups in total. The Morgan fingerprint density at radius 3 is 2.63 bits per heavy atom. The Labute approximate surface area is 184 Å². The van der Waals surface area contributed by atoms with Crippen LogP contribution >= 0.6 is 23.1 Å². The lowest BCUT2D eigenvalue weighted by Crippen LogP contribution is -2.24. The quantitative estimate of drug-likeness (QED) is 0.279. The third-order valence-corrected chi connectivity index (χ3v) is 7.27. The van der Waals surface area contributed by atoms with Gasteiger partial charge >= 0.3 is 0 Å². The maximum atomic E-state index is 13.0. The summed E-state index contributed by atoms with van der Waals surface area (Å²) < 4.78 is 0. The first-order valence-corrected chi connectivity index (χ1v) is 11.6. The van der Waals surface area contributed by atoms with Crippen molar-refractivity contribution in [3.05, 3.63) is 71.4 Å². The Balaban J connectivity index is 1.68. The summed E-state index contributed by atoms with van der Waals surface area (Å²) in [5.41, 5.74) is 4.25. The first-order valence-electron chi connectivity index (χ1n) is 9.90. The number of thioether (sulfide) groups is 1. The van der Waals surface area contributed by atoms with Crippen LogP contribution < -0.4 is 5.32 Å². The molecule has 2 aromatic carbocycles. The minimum absolute atomic E-state index is 0.00641. The van der Waals surface area contributed by atoms with Gasteiger partial charge in [0.1, 0.15) is 16.2 Å². The first kappa shape index (κ1) is 20.6. The second-order valence-corrected chi connectivity index (χ2v) is 9.53. The molecule has 4 aromatic rings. The Hall–Kier alpha value is -2.70. The second kappa shape index (κ2) is 8.98. The predicted octanol–water partition coefficient (Wildman–Crippen LogP) is 6.48. The molecule has 0 radical (unpaired) electrons. The number of carbonyl (C=O) groups is 1. The maximum absolute atomic E-state index is 13.0. The average molecular weight is 434 g/mol. The number of hydrogen-bond donors (Lipinski definition) is 1. The molecule has 2 heterocycles. The molecule has 0 saturated carbocycles. The Morgan fingerprint density at radius 2 is 1.90 bits per heavy atom. The van der Waals surface area contributed by atoms with Crippen LogP contribution in [0.1, 0.15) is 23.8 Å². The minimum atomic E-state index is -0.243. The van der Waals surface area contributed by atoms with Crippen LogP contribution in [0.4, 0.5) is 5.69 Å². The first-order chi connectivity index (χ1) is 14.6. The summed E-state index contributed by atoms with van der Waals surface area (Å²) in [6.45, 7) is 6.16. The van der Waals surface area contributed by atoms with E-state index in [0.717, 1.165) is 37.6 Å². The van der Waals surface area contributed by atoms with Crippen molar-refractivity contribution < 1.29 is 4.79 Å². The van der Waals surface area contributed by atoms with Crippen molar-refractivity contribution in [3.63, 3.8) is 0 Å². The highest BCUT2D eigenvalue weighted by Crippen LogP contribution is 2.42. The lowest BCUT2D eigenvalue weighted by molar-refractivity contribution is -0.115. The van der Waals surface area contributed by atoms with Gasteiger partial charge in [-0.05, 0) is 43.5 Å². The predicted molar refractivity (Wildman–Crippen MR) is 127 cm³/mol. The van der Waals surface area contributed by atoms with Crippen LogP contribution in [0.3, 0.4) is 0 Å².